The van der Waals surface area contributed by atoms with E-state index in [9.17, 15) is 0 Å². The van der Waals surface area contributed by atoms with Crippen LogP contribution in [0.15, 0.2) is 11.5 Å². The van der Waals surface area contributed by atoms with Crippen LogP contribution in [0.5, 0.6) is 0 Å². The Labute approximate surface area is 41.8 Å². The van der Waals surface area contributed by atoms with Gasteiger partial charge in [0.05, 0.1) is 5.88 Å². The van der Waals surface area contributed by atoms with Crippen LogP contribution in [0.4, 0.5) is 0 Å². The molecule has 2 heteroatoms. The van der Waals surface area contributed by atoms with Crippen molar-refractivity contribution in [2.75, 3.05) is 12.4 Å². The van der Waals surface area contributed by atoms with E-state index in [1.54, 1.807) is 11.8 Å². The highest BCUT2D eigenvalue weighted by molar-refractivity contribution is 8.02. The minimum Gasteiger partial charge on any atom is -0.227 e. The van der Waals surface area contributed by atoms with Crippen molar-refractivity contribution in [3.63, 3.8) is 0 Å². The molecule has 0 atom stereocenters. The van der Waals surface area contributed by atoms with Crippen LogP contribution in [0.2, 0.25) is 0 Å². The van der Waals surface area contributed by atoms with Gasteiger partial charge in [-0.2, -0.15) is 0 Å². The molecule has 33 valence electrons. The predicted octanol–water partition coefficient (Wildman–Crippen LogP) is 0.809. The van der Waals surface area contributed by atoms with E-state index in [4.69, 9.17) is 0 Å². The molecule has 0 aliphatic carbocycles. The molecule has 1 aliphatic heterocycles. The molecule has 0 aromatic heterocycles. The van der Waals surface area contributed by atoms with E-state index in [1.807, 2.05) is 0 Å². The lowest BCUT2D eigenvalue weighted by Gasteiger charge is -1.98. The summed E-state index contributed by atoms with van der Waals surface area (Å²) < 4.78 is 0. The lowest BCUT2D eigenvalue weighted by Crippen LogP contribution is -2.04. The third-order valence-corrected chi connectivity index (χ3v) is 1.31. The molecule has 0 saturated heterocycles. The second kappa shape index (κ2) is 2.26. The summed E-state index contributed by atoms with van der Waals surface area (Å²) in [4.78, 5) is 0. The first-order chi connectivity index (χ1) is 3.00. The Hall–Kier alpha value is 0.0500. The molecule has 0 unspecified atom stereocenters. The molecule has 0 aromatic rings. The minimum atomic E-state index is 0.924. The Balaban J connectivity index is 2.26. The number of rotatable bonds is 0. The molecule has 1 rings (SSSR count). The Morgan fingerprint density at radius 1 is 1.67 bits per heavy atom. The molecule has 6 heavy (non-hydrogen) atoms. The van der Waals surface area contributed by atoms with Crippen molar-refractivity contribution in [1.82, 2.24) is 5.32 Å². The molecule has 0 N–H and O–H groups in total. The summed E-state index contributed by atoms with van der Waals surface area (Å²) in [5.41, 5.74) is 0. The Morgan fingerprint density at radius 3 is 2.83 bits per heavy atom. The average Bonchev–Trinajstić information content (AvgIpc) is 1.72. The lowest BCUT2D eigenvalue weighted by atomic mass is 10.6. The fourth-order valence-corrected chi connectivity index (χ4v) is 0.853. The quantitative estimate of drug-likeness (QED) is 0.439. The first kappa shape index (κ1) is 4.22. The highest BCUT2D eigenvalue weighted by Crippen LogP contribution is 2.02. The largest absolute Gasteiger partial charge is 0.227 e. The SMILES string of the molecule is C1=CSC[N]C1. The van der Waals surface area contributed by atoms with Gasteiger partial charge >= 0.3 is 0 Å². The summed E-state index contributed by atoms with van der Waals surface area (Å²) in [5, 5.41) is 6.14. The maximum Gasteiger partial charge on any atom is 0.0635 e. The summed E-state index contributed by atoms with van der Waals surface area (Å²) in [7, 11) is 0. The standard InChI is InChI=1S/C4H6NS/c1-2-5-4-6-3-1/h1,3H,2,4H2. The van der Waals surface area contributed by atoms with E-state index in [2.05, 4.69) is 16.8 Å². The number of nitrogens with zero attached hydrogens (tertiary/aromatic N) is 1. The van der Waals surface area contributed by atoms with Crippen LogP contribution in [0, 0.1) is 0 Å². The molecule has 0 bridgehead atoms. The minimum absolute atomic E-state index is 0.924. The van der Waals surface area contributed by atoms with Crippen LogP contribution < -0.4 is 5.32 Å². The second-order valence-corrected chi connectivity index (χ2v) is 1.94. The maximum absolute atomic E-state index is 4.05. The van der Waals surface area contributed by atoms with Crippen LogP contribution in [0.3, 0.4) is 0 Å². The van der Waals surface area contributed by atoms with Gasteiger partial charge in [0.2, 0.25) is 0 Å². The van der Waals surface area contributed by atoms with Crippen molar-refractivity contribution in [2.24, 2.45) is 0 Å². The van der Waals surface area contributed by atoms with Crippen LogP contribution >= 0.6 is 11.8 Å². The van der Waals surface area contributed by atoms with E-state index in [0.717, 1.165) is 12.4 Å². The van der Waals surface area contributed by atoms with Gasteiger partial charge in [-0.15, -0.1) is 11.8 Å². The first-order valence-electron chi connectivity index (χ1n) is 1.90. The van der Waals surface area contributed by atoms with Crippen LogP contribution in [-0.2, 0) is 0 Å². The van der Waals surface area contributed by atoms with Crippen molar-refractivity contribution in [3.05, 3.63) is 11.5 Å². The normalized spacial score (nSPS) is 21.3. The zero-order valence-electron chi connectivity index (χ0n) is 3.42. The van der Waals surface area contributed by atoms with E-state index in [-0.39, 0.29) is 0 Å². The van der Waals surface area contributed by atoms with Crippen molar-refractivity contribution in [1.29, 1.82) is 0 Å². The Bertz CT molecular complexity index is 52.6. The Morgan fingerprint density at radius 2 is 2.67 bits per heavy atom. The molecule has 0 amide bonds. The molecule has 1 radical (unpaired) electrons. The summed E-state index contributed by atoms with van der Waals surface area (Å²) in [6.07, 6.45) is 2.06. The van der Waals surface area contributed by atoms with Crippen LogP contribution in [0.25, 0.3) is 0 Å². The molecular formula is C4H6NS. The van der Waals surface area contributed by atoms with Crippen molar-refractivity contribution in [2.45, 2.75) is 0 Å². The Kier molecular flexibility index (Phi) is 1.59. The number of hydrogen-bond donors (Lipinski definition) is 0. The smallest absolute Gasteiger partial charge is 0.0635 e. The van der Waals surface area contributed by atoms with Gasteiger partial charge in [0.15, 0.2) is 0 Å². The fourth-order valence-electron chi connectivity index (χ4n) is 0.334. The van der Waals surface area contributed by atoms with Gasteiger partial charge in [-0.3, -0.25) is 0 Å². The molecule has 1 aliphatic rings. The molecule has 0 spiro atoms. The molecule has 0 saturated carbocycles. The van der Waals surface area contributed by atoms with Gasteiger partial charge in [-0.25, -0.2) is 5.32 Å². The van der Waals surface area contributed by atoms with Crippen molar-refractivity contribution < 1.29 is 0 Å². The van der Waals surface area contributed by atoms with Gasteiger partial charge in [0, 0.05) is 6.54 Å². The monoisotopic (exact) mass is 100 g/mol. The number of hydrogen-bond acceptors (Lipinski definition) is 1. The third-order valence-electron chi connectivity index (χ3n) is 0.593. The first-order valence-corrected chi connectivity index (χ1v) is 2.95. The van der Waals surface area contributed by atoms with E-state index >= 15 is 0 Å². The summed E-state index contributed by atoms with van der Waals surface area (Å²) in [6, 6.07) is 0. The highest BCUT2D eigenvalue weighted by Gasteiger charge is 1.86. The van der Waals surface area contributed by atoms with Crippen LogP contribution in [0.1, 0.15) is 0 Å². The van der Waals surface area contributed by atoms with Crippen molar-refractivity contribution >= 4 is 11.8 Å². The molecule has 1 nitrogen and oxygen atoms in total. The lowest BCUT2D eigenvalue weighted by molar-refractivity contribution is 0.866. The predicted molar refractivity (Wildman–Crippen MR) is 28.6 cm³/mol. The highest BCUT2D eigenvalue weighted by atomic mass is 32.2. The van der Waals surface area contributed by atoms with Crippen molar-refractivity contribution in [3.8, 4) is 0 Å². The van der Waals surface area contributed by atoms with Crippen LogP contribution in [-0.4, -0.2) is 12.4 Å². The van der Waals surface area contributed by atoms with Gasteiger partial charge in [-0.05, 0) is 5.41 Å². The fraction of sp³-hybridized carbons (Fsp3) is 0.500. The molecule has 1 heterocycles. The summed E-state index contributed by atoms with van der Waals surface area (Å²) in [6.45, 7) is 0.924. The van der Waals surface area contributed by atoms with E-state index in [1.165, 1.54) is 0 Å². The zero-order chi connectivity index (χ0) is 4.24. The summed E-state index contributed by atoms with van der Waals surface area (Å²) in [5.74, 6) is 0.955. The van der Waals surface area contributed by atoms with Gasteiger partial charge in [-0.1, -0.05) is 6.08 Å². The molecule has 0 aromatic carbocycles. The maximum atomic E-state index is 4.05. The van der Waals surface area contributed by atoms with E-state index in [0.29, 0.717) is 0 Å². The average molecular weight is 100 g/mol. The molecular weight excluding hydrogens is 94.1 g/mol. The molecule has 0 fully saturated rings. The zero-order valence-corrected chi connectivity index (χ0v) is 4.24. The second-order valence-electron chi connectivity index (χ2n) is 1.07. The van der Waals surface area contributed by atoms with Gasteiger partial charge in [0.25, 0.3) is 0 Å². The topological polar surface area (TPSA) is 14.1 Å². The van der Waals surface area contributed by atoms with Gasteiger partial charge in [0.1, 0.15) is 0 Å². The van der Waals surface area contributed by atoms with E-state index < -0.39 is 0 Å². The van der Waals surface area contributed by atoms with Gasteiger partial charge < -0.3 is 0 Å². The third kappa shape index (κ3) is 1.03. The summed E-state index contributed by atoms with van der Waals surface area (Å²) >= 11 is 1.75. The number of thioether (sulfide) groups is 1.